The van der Waals surface area contributed by atoms with Crippen molar-refractivity contribution in [1.29, 1.82) is 0 Å². The molecule has 26 heavy (non-hydrogen) atoms. The van der Waals surface area contributed by atoms with Crippen LogP contribution in [-0.2, 0) is 14.0 Å². The molecule has 1 fully saturated rings. The molecule has 1 N–H and O–H groups in total. The summed E-state index contributed by atoms with van der Waals surface area (Å²) < 4.78 is 11.6. The molecule has 2 aromatic rings. The van der Waals surface area contributed by atoms with E-state index in [0.717, 1.165) is 10.4 Å². The lowest BCUT2D eigenvalue weighted by Crippen LogP contribution is -2.67. The molecule has 3 rings (SSSR count). The number of carbonyl (C=O) groups excluding carboxylic acids is 1. The quantitative estimate of drug-likeness (QED) is 0.648. The standard InChI is InChI=1S/C21H26O4Si/c1-20(2,3)26(17-10-6-4-7-11-17,18-12-8-5-9-13-18)25-16-21(23)14-19(22)24-15-21/h4-13,23H,14-16H2,1-3H3. The third-order valence-corrected chi connectivity index (χ3v) is 9.93. The molecule has 1 aliphatic rings. The first-order valence-electron chi connectivity index (χ1n) is 8.90. The number of esters is 1. The molecule has 1 aliphatic heterocycles. The first-order chi connectivity index (χ1) is 12.3. The maximum absolute atomic E-state index is 11.5. The Morgan fingerprint density at radius 1 is 1.04 bits per heavy atom. The molecule has 5 heteroatoms. The Balaban J connectivity index is 2.07. The van der Waals surface area contributed by atoms with Gasteiger partial charge in [0, 0.05) is 0 Å². The molecule has 0 aliphatic carbocycles. The number of aliphatic hydroxyl groups is 1. The van der Waals surface area contributed by atoms with Crippen LogP contribution in [0.2, 0.25) is 5.04 Å². The number of hydrogen-bond acceptors (Lipinski definition) is 4. The van der Waals surface area contributed by atoms with Crippen molar-refractivity contribution in [3.8, 4) is 0 Å². The van der Waals surface area contributed by atoms with Gasteiger partial charge in [-0.05, 0) is 15.4 Å². The highest BCUT2D eigenvalue weighted by molar-refractivity contribution is 6.99. The fourth-order valence-electron chi connectivity index (χ4n) is 3.68. The zero-order valence-corrected chi connectivity index (χ0v) is 16.6. The van der Waals surface area contributed by atoms with Gasteiger partial charge in [-0.1, -0.05) is 81.4 Å². The van der Waals surface area contributed by atoms with Gasteiger partial charge < -0.3 is 14.3 Å². The van der Waals surface area contributed by atoms with E-state index in [1.165, 1.54) is 0 Å². The summed E-state index contributed by atoms with van der Waals surface area (Å²) in [7, 11) is -2.71. The summed E-state index contributed by atoms with van der Waals surface area (Å²) in [6.45, 7) is 6.61. The number of hydrogen-bond donors (Lipinski definition) is 1. The summed E-state index contributed by atoms with van der Waals surface area (Å²) in [4.78, 5) is 11.5. The third kappa shape index (κ3) is 3.47. The molecule has 0 radical (unpaired) electrons. The summed E-state index contributed by atoms with van der Waals surface area (Å²) in [6, 6.07) is 20.5. The largest absolute Gasteiger partial charge is 0.462 e. The zero-order chi connectivity index (χ0) is 18.8. The van der Waals surface area contributed by atoms with Gasteiger partial charge in [-0.15, -0.1) is 0 Å². The fourth-order valence-corrected chi connectivity index (χ4v) is 8.32. The van der Waals surface area contributed by atoms with Crippen molar-refractivity contribution in [2.45, 2.75) is 37.8 Å². The van der Waals surface area contributed by atoms with Crippen LogP contribution in [-0.4, -0.2) is 38.2 Å². The van der Waals surface area contributed by atoms with Gasteiger partial charge in [-0.25, -0.2) is 0 Å². The Morgan fingerprint density at radius 2 is 1.54 bits per heavy atom. The Kier molecular flexibility index (Phi) is 5.06. The van der Waals surface area contributed by atoms with E-state index in [1.54, 1.807) is 0 Å². The molecule has 138 valence electrons. The zero-order valence-electron chi connectivity index (χ0n) is 15.6. The number of benzene rings is 2. The minimum atomic E-state index is -2.71. The van der Waals surface area contributed by atoms with E-state index in [4.69, 9.17) is 9.16 Å². The molecule has 0 aromatic heterocycles. The summed E-state index contributed by atoms with van der Waals surface area (Å²) in [5.74, 6) is -0.376. The lowest BCUT2D eigenvalue weighted by atomic mass is 10.1. The number of carbonyl (C=O) groups is 1. The second-order valence-electron chi connectivity index (χ2n) is 8.01. The Hall–Kier alpha value is -1.95. The van der Waals surface area contributed by atoms with Crippen molar-refractivity contribution in [3.63, 3.8) is 0 Å². The highest BCUT2D eigenvalue weighted by Crippen LogP contribution is 2.37. The van der Waals surface area contributed by atoms with Gasteiger partial charge in [0.05, 0.1) is 13.0 Å². The van der Waals surface area contributed by atoms with Gasteiger partial charge in [-0.2, -0.15) is 0 Å². The van der Waals surface area contributed by atoms with E-state index in [2.05, 4.69) is 45.0 Å². The molecule has 0 spiro atoms. The summed E-state index contributed by atoms with van der Waals surface area (Å²) in [5.41, 5.74) is -1.26. The number of rotatable bonds is 5. The average molecular weight is 371 g/mol. The molecule has 1 atom stereocenters. The highest BCUT2D eigenvalue weighted by Gasteiger charge is 2.52. The maximum Gasteiger partial charge on any atom is 0.309 e. The maximum atomic E-state index is 11.5. The Bertz CT molecular complexity index is 715. The Labute approximate surface area is 155 Å². The van der Waals surface area contributed by atoms with E-state index in [0.29, 0.717) is 0 Å². The van der Waals surface area contributed by atoms with Crippen molar-refractivity contribution in [2.24, 2.45) is 0 Å². The normalized spacial score (nSPS) is 20.8. The van der Waals surface area contributed by atoms with E-state index < -0.39 is 13.9 Å². The van der Waals surface area contributed by atoms with Crippen molar-refractivity contribution < 1.29 is 19.1 Å². The molecule has 1 saturated heterocycles. The number of cyclic esters (lactones) is 1. The molecular weight excluding hydrogens is 344 g/mol. The van der Waals surface area contributed by atoms with Gasteiger partial charge >= 0.3 is 5.97 Å². The minimum Gasteiger partial charge on any atom is -0.462 e. The Morgan fingerprint density at radius 3 is 1.92 bits per heavy atom. The van der Waals surface area contributed by atoms with Crippen LogP contribution in [0.15, 0.2) is 60.7 Å². The van der Waals surface area contributed by atoms with E-state index in [-0.39, 0.29) is 30.6 Å². The highest BCUT2D eigenvalue weighted by atomic mass is 28.4. The van der Waals surface area contributed by atoms with E-state index in [9.17, 15) is 9.90 Å². The molecule has 1 heterocycles. The molecule has 4 nitrogen and oxygen atoms in total. The van der Waals surface area contributed by atoms with Crippen LogP contribution < -0.4 is 10.4 Å². The topological polar surface area (TPSA) is 55.8 Å². The summed E-state index contributed by atoms with van der Waals surface area (Å²) >= 11 is 0. The molecule has 2 aromatic carbocycles. The van der Waals surface area contributed by atoms with Crippen LogP contribution in [0.1, 0.15) is 27.2 Å². The molecular formula is C21H26O4Si. The second kappa shape index (κ2) is 6.99. The lowest BCUT2D eigenvalue weighted by molar-refractivity contribution is -0.137. The van der Waals surface area contributed by atoms with E-state index >= 15 is 0 Å². The SMILES string of the molecule is CC(C)(C)[Si](OCC1(O)COC(=O)C1)(c1ccccc1)c1ccccc1. The van der Waals surface area contributed by atoms with Gasteiger partial charge in [0.15, 0.2) is 0 Å². The van der Waals surface area contributed by atoms with E-state index in [1.807, 2.05) is 36.4 Å². The van der Waals surface area contributed by atoms with Gasteiger partial charge in [0.1, 0.15) is 12.2 Å². The van der Waals surface area contributed by atoms with Crippen molar-refractivity contribution >= 4 is 24.7 Å². The summed E-state index contributed by atoms with van der Waals surface area (Å²) in [6.07, 6.45) is -0.0226. The third-order valence-electron chi connectivity index (χ3n) is 4.95. The molecule has 0 saturated carbocycles. The van der Waals surface area contributed by atoms with Crippen LogP contribution in [0, 0.1) is 0 Å². The van der Waals surface area contributed by atoms with Gasteiger partial charge in [0.25, 0.3) is 8.32 Å². The van der Waals surface area contributed by atoms with Crippen molar-refractivity contribution in [2.75, 3.05) is 13.2 Å². The second-order valence-corrected chi connectivity index (χ2v) is 12.3. The smallest absolute Gasteiger partial charge is 0.309 e. The monoisotopic (exact) mass is 370 g/mol. The van der Waals surface area contributed by atoms with Crippen LogP contribution in [0.25, 0.3) is 0 Å². The number of ether oxygens (including phenoxy) is 1. The first kappa shape index (κ1) is 18.8. The van der Waals surface area contributed by atoms with Crippen LogP contribution in [0.5, 0.6) is 0 Å². The van der Waals surface area contributed by atoms with Crippen molar-refractivity contribution in [3.05, 3.63) is 60.7 Å². The summed E-state index contributed by atoms with van der Waals surface area (Å²) in [5, 5.41) is 12.9. The lowest BCUT2D eigenvalue weighted by Gasteiger charge is -2.44. The first-order valence-corrected chi connectivity index (χ1v) is 10.8. The molecule has 1 unspecified atom stereocenters. The predicted octanol–water partition coefficient (Wildman–Crippen LogP) is 2.24. The van der Waals surface area contributed by atoms with Crippen LogP contribution in [0.4, 0.5) is 0 Å². The molecule has 0 bridgehead atoms. The predicted molar refractivity (Wildman–Crippen MR) is 104 cm³/mol. The van der Waals surface area contributed by atoms with Crippen molar-refractivity contribution in [1.82, 2.24) is 0 Å². The van der Waals surface area contributed by atoms with Crippen LogP contribution in [0.3, 0.4) is 0 Å². The fraction of sp³-hybridized carbons (Fsp3) is 0.381. The molecule has 0 amide bonds. The average Bonchev–Trinajstić information content (AvgIpc) is 2.95. The minimum absolute atomic E-state index is 0.00989. The van der Waals surface area contributed by atoms with Gasteiger partial charge in [0.2, 0.25) is 0 Å². The van der Waals surface area contributed by atoms with Gasteiger partial charge in [-0.3, -0.25) is 4.79 Å². The van der Waals surface area contributed by atoms with Crippen LogP contribution >= 0.6 is 0 Å².